The lowest BCUT2D eigenvalue weighted by atomic mass is 10.4. The maximum atomic E-state index is 11.7. The van der Waals surface area contributed by atoms with Crippen LogP contribution in [0.3, 0.4) is 0 Å². The number of amides is 1. The first-order chi connectivity index (χ1) is 8.84. The van der Waals surface area contributed by atoms with E-state index in [0.717, 1.165) is 0 Å². The van der Waals surface area contributed by atoms with Crippen LogP contribution < -0.4 is 0 Å². The number of carbonyl (C=O) groups excluding carboxylic acids is 2. The van der Waals surface area contributed by atoms with Gasteiger partial charge in [-0.1, -0.05) is 0 Å². The molecule has 1 unspecified atom stereocenters. The highest BCUT2D eigenvalue weighted by molar-refractivity contribution is 8.02. The van der Waals surface area contributed by atoms with E-state index in [0.29, 0.717) is 6.42 Å². The lowest BCUT2D eigenvalue weighted by Gasteiger charge is -2.16. The van der Waals surface area contributed by atoms with Crippen molar-refractivity contribution in [2.45, 2.75) is 18.6 Å². The maximum absolute atomic E-state index is 11.7. The number of carbonyl (C=O) groups is 2. The predicted molar refractivity (Wildman–Crippen MR) is 73.8 cm³/mol. The Hall–Kier alpha value is -0.760. The summed E-state index contributed by atoms with van der Waals surface area (Å²) in [6.07, 6.45) is 0.599. The third-order valence-corrected chi connectivity index (χ3v) is 6.00. The van der Waals surface area contributed by atoms with Gasteiger partial charge in [-0.05, 0) is 13.3 Å². The molecule has 0 bridgehead atoms. The largest absolute Gasteiger partial charge is 0.465 e. The van der Waals surface area contributed by atoms with Gasteiger partial charge >= 0.3 is 5.97 Å². The minimum atomic E-state index is -2.91. The SMILES string of the molecule is CCOC(=O)CN(C)C(=O)CSC1CCS(=O)(=O)C1. The normalized spacial score (nSPS) is 21.1. The number of nitrogens with zero attached hydrogens (tertiary/aromatic N) is 1. The van der Waals surface area contributed by atoms with Crippen molar-refractivity contribution >= 4 is 33.5 Å². The van der Waals surface area contributed by atoms with Crippen LogP contribution in [0.1, 0.15) is 13.3 Å². The fraction of sp³-hybridized carbons (Fsp3) is 0.818. The van der Waals surface area contributed by atoms with Crippen LogP contribution in [0.4, 0.5) is 0 Å². The van der Waals surface area contributed by atoms with Gasteiger partial charge in [0.15, 0.2) is 9.84 Å². The summed E-state index contributed by atoms with van der Waals surface area (Å²) in [5.41, 5.74) is 0. The zero-order chi connectivity index (χ0) is 14.5. The Bertz CT molecular complexity index is 434. The van der Waals surface area contributed by atoms with E-state index in [1.807, 2.05) is 0 Å². The number of rotatable bonds is 6. The molecule has 19 heavy (non-hydrogen) atoms. The maximum Gasteiger partial charge on any atom is 0.325 e. The van der Waals surface area contributed by atoms with E-state index in [4.69, 9.17) is 4.74 Å². The first-order valence-electron chi connectivity index (χ1n) is 6.05. The van der Waals surface area contributed by atoms with Crippen LogP contribution in [-0.2, 0) is 24.2 Å². The molecule has 1 saturated heterocycles. The molecule has 0 saturated carbocycles. The summed E-state index contributed by atoms with van der Waals surface area (Å²) < 4.78 is 27.3. The third-order valence-electron chi connectivity index (χ3n) is 2.73. The molecule has 1 amide bonds. The van der Waals surface area contributed by atoms with Crippen molar-refractivity contribution in [2.75, 3.05) is 37.5 Å². The number of hydrogen-bond donors (Lipinski definition) is 0. The zero-order valence-electron chi connectivity index (χ0n) is 11.1. The molecule has 6 nitrogen and oxygen atoms in total. The number of esters is 1. The van der Waals surface area contributed by atoms with Crippen LogP contribution >= 0.6 is 11.8 Å². The predicted octanol–water partition coefficient (Wildman–Crippen LogP) is -0.0718. The van der Waals surface area contributed by atoms with Gasteiger partial charge in [0.25, 0.3) is 0 Å². The fourth-order valence-corrected chi connectivity index (χ4v) is 5.26. The molecule has 1 fully saturated rings. The van der Waals surface area contributed by atoms with Crippen LogP contribution in [0.2, 0.25) is 0 Å². The van der Waals surface area contributed by atoms with Crippen molar-refractivity contribution in [3.63, 3.8) is 0 Å². The summed E-state index contributed by atoms with van der Waals surface area (Å²) >= 11 is 1.34. The lowest BCUT2D eigenvalue weighted by Crippen LogP contribution is -2.34. The van der Waals surface area contributed by atoms with E-state index >= 15 is 0 Å². The summed E-state index contributed by atoms with van der Waals surface area (Å²) in [5.74, 6) is -0.0886. The standard InChI is InChI=1S/C11H19NO5S2/c1-3-17-11(14)6-12(2)10(13)7-18-9-4-5-19(15,16)8-9/h9H,3-8H2,1-2H3. The quantitative estimate of drug-likeness (QED) is 0.639. The van der Waals surface area contributed by atoms with E-state index in [2.05, 4.69) is 0 Å². The van der Waals surface area contributed by atoms with Crippen molar-refractivity contribution in [3.05, 3.63) is 0 Å². The average Bonchev–Trinajstić information content (AvgIpc) is 2.66. The third kappa shape index (κ3) is 5.82. The molecule has 0 aliphatic carbocycles. The van der Waals surface area contributed by atoms with Crippen molar-refractivity contribution < 1.29 is 22.7 Å². The van der Waals surface area contributed by atoms with E-state index in [1.54, 1.807) is 6.92 Å². The number of hydrogen-bond acceptors (Lipinski definition) is 6. The molecular formula is C11H19NO5S2. The summed E-state index contributed by atoms with van der Waals surface area (Å²) in [7, 11) is -1.38. The Kier molecular flexibility index (Phi) is 6.12. The van der Waals surface area contributed by atoms with Crippen LogP contribution in [0.5, 0.6) is 0 Å². The first kappa shape index (κ1) is 16.3. The molecule has 8 heteroatoms. The topological polar surface area (TPSA) is 80.8 Å². The molecule has 1 aliphatic heterocycles. The van der Waals surface area contributed by atoms with Gasteiger partial charge in [-0.3, -0.25) is 9.59 Å². The Morgan fingerprint density at radius 2 is 2.11 bits per heavy atom. The van der Waals surface area contributed by atoms with Gasteiger partial charge < -0.3 is 9.64 Å². The van der Waals surface area contributed by atoms with E-state index in [1.165, 1.54) is 23.7 Å². The molecule has 110 valence electrons. The van der Waals surface area contributed by atoms with E-state index < -0.39 is 15.8 Å². The molecule has 1 atom stereocenters. The molecule has 1 heterocycles. The van der Waals surface area contributed by atoms with Crippen LogP contribution in [0.25, 0.3) is 0 Å². The lowest BCUT2D eigenvalue weighted by molar-refractivity contribution is -0.147. The minimum Gasteiger partial charge on any atom is -0.465 e. The molecule has 0 spiro atoms. The molecule has 0 aromatic heterocycles. The van der Waals surface area contributed by atoms with Crippen molar-refractivity contribution in [2.24, 2.45) is 0 Å². The minimum absolute atomic E-state index is 0.00931. The summed E-state index contributed by atoms with van der Waals surface area (Å²) in [4.78, 5) is 24.3. The highest BCUT2D eigenvalue weighted by Gasteiger charge is 2.29. The van der Waals surface area contributed by atoms with Gasteiger partial charge in [0.05, 0.1) is 23.9 Å². The Labute approximate surface area is 117 Å². The number of sulfone groups is 1. The van der Waals surface area contributed by atoms with Crippen LogP contribution in [0.15, 0.2) is 0 Å². The van der Waals surface area contributed by atoms with E-state index in [9.17, 15) is 18.0 Å². The fourth-order valence-electron chi connectivity index (χ4n) is 1.68. The van der Waals surface area contributed by atoms with Crippen LogP contribution in [0, 0.1) is 0 Å². The molecule has 1 rings (SSSR count). The number of likely N-dealkylation sites (N-methyl/N-ethyl adjacent to an activating group) is 1. The Morgan fingerprint density at radius 3 is 2.63 bits per heavy atom. The average molecular weight is 309 g/mol. The Morgan fingerprint density at radius 1 is 1.42 bits per heavy atom. The molecule has 0 N–H and O–H groups in total. The second kappa shape index (κ2) is 7.14. The molecule has 0 radical (unpaired) electrons. The second-order valence-electron chi connectivity index (χ2n) is 4.39. The van der Waals surface area contributed by atoms with E-state index in [-0.39, 0.29) is 41.6 Å². The summed E-state index contributed by atoms with van der Waals surface area (Å²) in [6, 6.07) is 0. The first-order valence-corrected chi connectivity index (χ1v) is 8.92. The molecule has 0 aromatic carbocycles. The van der Waals surface area contributed by atoms with Crippen molar-refractivity contribution in [1.29, 1.82) is 0 Å². The van der Waals surface area contributed by atoms with Gasteiger partial charge in [-0.25, -0.2) is 8.42 Å². The molecule has 1 aliphatic rings. The summed E-state index contributed by atoms with van der Waals surface area (Å²) in [5, 5.41) is -0.00931. The van der Waals surface area contributed by atoms with Gasteiger partial charge in [-0.2, -0.15) is 0 Å². The highest BCUT2D eigenvalue weighted by atomic mass is 32.2. The Balaban J connectivity index is 2.29. The van der Waals surface area contributed by atoms with Gasteiger partial charge in [0.1, 0.15) is 6.54 Å². The number of ether oxygens (including phenoxy) is 1. The molecule has 0 aromatic rings. The van der Waals surface area contributed by atoms with Gasteiger partial charge in [0.2, 0.25) is 5.91 Å². The van der Waals surface area contributed by atoms with Crippen molar-refractivity contribution in [3.8, 4) is 0 Å². The summed E-state index contributed by atoms with van der Waals surface area (Å²) in [6.45, 7) is 1.92. The smallest absolute Gasteiger partial charge is 0.325 e. The monoisotopic (exact) mass is 309 g/mol. The molecular weight excluding hydrogens is 290 g/mol. The number of thioether (sulfide) groups is 1. The van der Waals surface area contributed by atoms with Gasteiger partial charge in [-0.15, -0.1) is 11.8 Å². The zero-order valence-corrected chi connectivity index (χ0v) is 12.8. The highest BCUT2D eigenvalue weighted by Crippen LogP contribution is 2.24. The van der Waals surface area contributed by atoms with Crippen LogP contribution in [-0.4, -0.2) is 67.9 Å². The second-order valence-corrected chi connectivity index (χ2v) is 7.91. The van der Waals surface area contributed by atoms with Crippen molar-refractivity contribution in [1.82, 2.24) is 4.90 Å². The van der Waals surface area contributed by atoms with Gasteiger partial charge in [0, 0.05) is 12.3 Å².